The summed E-state index contributed by atoms with van der Waals surface area (Å²) in [5, 5.41) is 10.5. The summed E-state index contributed by atoms with van der Waals surface area (Å²) in [7, 11) is 1.65. The van der Waals surface area contributed by atoms with E-state index in [1.54, 1.807) is 7.11 Å². The van der Waals surface area contributed by atoms with Crippen molar-refractivity contribution in [1.82, 2.24) is 0 Å². The highest BCUT2D eigenvalue weighted by Gasteiger charge is 2.31. The molecule has 3 nitrogen and oxygen atoms in total. The largest absolute Gasteiger partial charge is 0.497 e. The van der Waals surface area contributed by atoms with Gasteiger partial charge in [-0.1, -0.05) is 31.4 Å². The van der Waals surface area contributed by atoms with Crippen molar-refractivity contribution in [2.45, 2.75) is 50.2 Å². The third-order valence-electron chi connectivity index (χ3n) is 3.93. The molecule has 0 heterocycles. The van der Waals surface area contributed by atoms with Crippen molar-refractivity contribution in [1.29, 1.82) is 0 Å². The van der Waals surface area contributed by atoms with Gasteiger partial charge in [-0.05, 0) is 37.0 Å². The Morgan fingerprint density at radius 2 is 1.83 bits per heavy atom. The van der Waals surface area contributed by atoms with Crippen LogP contribution in [0.5, 0.6) is 5.75 Å². The lowest BCUT2D eigenvalue weighted by Gasteiger charge is -2.34. The van der Waals surface area contributed by atoms with Gasteiger partial charge < -0.3 is 15.6 Å². The van der Waals surface area contributed by atoms with Gasteiger partial charge in [-0.3, -0.25) is 0 Å². The maximum absolute atomic E-state index is 10.5. The average Bonchev–Trinajstić information content (AvgIpc) is 2.39. The first kappa shape index (κ1) is 13.4. The van der Waals surface area contributed by atoms with Crippen LogP contribution in [0.4, 0.5) is 0 Å². The first-order valence-corrected chi connectivity index (χ1v) is 6.75. The fraction of sp³-hybridized carbons (Fsp3) is 0.600. The Balaban J connectivity index is 1.99. The second-order valence-electron chi connectivity index (χ2n) is 5.37. The maximum Gasteiger partial charge on any atom is 0.118 e. The highest BCUT2D eigenvalue weighted by atomic mass is 16.5. The van der Waals surface area contributed by atoms with E-state index in [1.165, 1.54) is 6.42 Å². The zero-order valence-electron chi connectivity index (χ0n) is 11.1. The zero-order valence-corrected chi connectivity index (χ0v) is 11.1. The molecule has 1 aliphatic carbocycles. The highest BCUT2D eigenvalue weighted by molar-refractivity contribution is 5.29. The molecule has 0 saturated heterocycles. The Labute approximate surface area is 109 Å². The van der Waals surface area contributed by atoms with Crippen molar-refractivity contribution < 1.29 is 9.84 Å². The minimum atomic E-state index is -0.558. The minimum Gasteiger partial charge on any atom is -0.497 e. The standard InChI is InChI=1S/C15H23NO2/c1-18-13-7-5-12(6-8-13)14(16)11-15(17)9-3-2-4-10-15/h5-8,14,17H,2-4,9-11,16H2,1H3. The molecule has 18 heavy (non-hydrogen) atoms. The lowest BCUT2D eigenvalue weighted by Crippen LogP contribution is -2.35. The monoisotopic (exact) mass is 249 g/mol. The summed E-state index contributed by atoms with van der Waals surface area (Å²) in [6, 6.07) is 7.70. The number of benzene rings is 1. The van der Waals surface area contributed by atoms with E-state index < -0.39 is 5.60 Å². The van der Waals surface area contributed by atoms with Crippen molar-refractivity contribution in [3.8, 4) is 5.75 Å². The summed E-state index contributed by atoms with van der Waals surface area (Å²) in [5.41, 5.74) is 6.71. The van der Waals surface area contributed by atoms with Crippen LogP contribution in [-0.4, -0.2) is 17.8 Å². The summed E-state index contributed by atoms with van der Waals surface area (Å²) >= 11 is 0. The molecule has 1 aromatic carbocycles. The van der Waals surface area contributed by atoms with Gasteiger partial charge in [0, 0.05) is 6.04 Å². The van der Waals surface area contributed by atoms with Crippen LogP contribution in [0.15, 0.2) is 24.3 Å². The van der Waals surface area contributed by atoms with Gasteiger partial charge in [0.25, 0.3) is 0 Å². The SMILES string of the molecule is COc1ccc(C(N)CC2(O)CCCCC2)cc1. The first-order valence-electron chi connectivity index (χ1n) is 6.75. The third kappa shape index (κ3) is 3.24. The van der Waals surface area contributed by atoms with E-state index in [0.717, 1.165) is 37.0 Å². The molecule has 1 atom stereocenters. The molecule has 100 valence electrons. The number of nitrogens with two attached hydrogens (primary N) is 1. The fourth-order valence-electron chi connectivity index (χ4n) is 2.79. The molecule has 1 aromatic rings. The van der Waals surface area contributed by atoms with E-state index in [4.69, 9.17) is 10.5 Å². The molecule has 3 N–H and O–H groups in total. The molecule has 1 aliphatic rings. The molecule has 2 rings (SSSR count). The van der Waals surface area contributed by atoms with E-state index in [9.17, 15) is 5.11 Å². The number of hydrogen-bond acceptors (Lipinski definition) is 3. The molecule has 1 unspecified atom stereocenters. The lowest BCUT2D eigenvalue weighted by atomic mass is 9.79. The van der Waals surface area contributed by atoms with E-state index in [2.05, 4.69) is 0 Å². The van der Waals surface area contributed by atoms with E-state index in [0.29, 0.717) is 6.42 Å². The van der Waals surface area contributed by atoms with Crippen molar-refractivity contribution in [2.24, 2.45) is 5.73 Å². The summed E-state index contributed by atoms with van der Waals surface area (Å²) in [5.74, 6) is 0.835. The van der Waals surface area contributed by atoms with Crippen LogP contribution in [0, 0.1) is 0 Å². The number of rotatable bonds is 4. The molecule has 0 aromatic heterocycles. The second-order valence-corrected chi connectivity index (χ2v) is 5.37. The molecule has 0 spiro atoms. The van der Waals surface area contributed by atoms with Crippen molar-refractivity contribution >= 4 is 0 Å². The molecule has 0 aliphatic heterocycles. The lowest BCUT2D eigenvalue weighted by molar-refractivity contribution is -0.00944. The summed E-state index contributed by atoms with van der Waals surface area (Å²) in [6.45, 7) is 0. The van der Waals surface area contributed by atoms with Gasteiger partial charge >= 0.3 is 0 Å². The Kier molecular flexibility index (Phi) is 4.25. The number of ether oxygens (including phenoxy) is 1. The van der Waals surface area contributed by atoms with Crippen molar-refractivity contribution in [3.05, 3.63) is 29.8 Å². The van der Waals surface area contributed by atoms with Gasteiger partial charge in [0.15, 0.2) is 0 Å². The average molecular weight is 249 g/mol. The Bertz CT molecular complexity index is 369. The minimum absolute atomic E-state index is 0.0981. The molecule has 0 bridgehead atoms. The molecule has 0 amide bonds. The third-order valence-corrected chi connectivity index (χ3v) is 3.93. The van der Waals surface area contributed by atoms with Crippen LogP contribution in [0.25, 0.3) is 0 Å². The quantitative estimate of drug-likeness (QED) is 0.862. The normalized spacial score (nSPS) is 20.4. The van der Waals surface area contributed by atoms with Gasteiger partial charge in [0.05, 0.1) is 12.7 Å². The Morgan fingerprint density at radius 3 is 2.39 bits per heavy atom. The molecular weight excluding hydrogens is 226 g/mol. The Morgan fingerprint density at radius 1 is 1.22 bits per heavy atom. The van der Waals surface area contributed by atoms with Gasteiger partial charge in [-0.15, -0.1) is 0 Å². The van der Waals surface area contributed by atoms with Crippen LogP contribution >= 0.6 is 0 Å². The van der Waals surface area contributed by atoms with Gasteiger partial charge in [-0.2, -0.15) is 0 Å². The van der Waals surface area contributed by atoms with Gasteiger partial charge in [-0.25, -0.2) is 0 Å². The molecule has 3 heteroatoms. The topological polar surface area (TPSA) is 55.5 Å². The van der Waals surface area contributed by atoms with Crippen molar-refractivity contribution in [3.63, 3.8) is 0 Å². The molecule has 0 radical (unpaired) electrons. The molecule has 1 fully saturated rings. The predicted octanol–water partition coefficient (Wildman–Crippen LogP) is 2.78. The van der Waals surface area contributed by atoms with E-state index in [-0.39, 0.29) is 6.04 Å². The van der Waals surface area contributed by atoms with Crippen LogP contribution in [0.1, 0.15) is 50.1 Å². The summed E-state index contributed by atoms with van der Waals surface area (Å²) in [4.78, 5) is 0. The highest BCUT2D eigenvalue weighted by Crippen LogP contribution is 2.34. The molecule has 1 saturated carbocycles. The fourth-order valence-corrected chi connectivity index (χ4v) is 2.79. The van der Waals surface area contributed by atoms with Crippen molar-refractivity contribution in [2.75, 3.05) is 7.11 Å². The Hall–Kier alpha value is -1.06. The van der Waals surface area contributed by atoms with E-state index >= 15 is 0 Å². The van der Waals surface area contributed by atoms with Crippen LogP contribution in [-0.2, 0) is 0 Å². The summed E-state index contributed by atoms with van der Waals surface area (Å²) in [6.07, 6.45) is 5.89. The predicted molar refractivity (Wildman–Crippen MR) is 72.6 cm³/mol. The number of hydrogen-bond donors (Lipinski definition) is 2. The molecular formula is C15H23NO2. The van der Waals surface area contributed by atoms with Crippen LogP contribution in [0.3, 0.4) is 0 Å². The van der Waals surface area contributed by atoms with Gasteiger partial charge in [0.1, 0.15) is 5.75 Å². The first-order chi connectivity index (χ1) is 8.63. The number of aliphatic hydroxyl groups is 1. The summed E-state index contributed by atoms with van der Waals surface area (Å²) < 4.78 is 5.13. The zero-order chi connectivity index (χ0) is 13.0. The smallest absolute Gasteiger partial charge is 0.118 e. The van der Waals surface area contributed by atoms with Crippen LogP contribution in [0.2, 0.25) is 0 Å². The second kappa shape index (κ2) is 5.72. The maximum atomic E-state index is 10.5. The van der Waals surface area contributed by atoms with E-state index in [1.807, 2.05) is 24.3 Å². The van der Waals surface area contributed by atoms with Crippen LogP contribution < -0.4 is 10.5 Å². The number of methoxy groups -OCH3 is 1. The van der Waals surface area contributed by atoms with Gasteiger partial charge in [0.2, 0.25) is 0 Å².